The molecule has 1 aliphatic carbocycles. The summed E-state index contributed by atoms with van der Waals surface area (Å²) < 4.78 is 0. The van der Waals surface area contributed by atoms with Gasteiger partial charge >= 0.3 is 0 Å². The maximum absolute atomic E-state index is 8.87. The highest BCUT2D eigenvalue weighted by molar-refractivity contribution is 5.76. The third kappa shape index (κ3) is 2.27. The van der Waals surface area contributed by atoms with E-state index in [9.17, 15) is 0 Å². The predicted octanol–water partition coefficient (Wildman–Crippen LogP) is 3.15. The van der Waals surface area contributed by atoms with E-state index in [4.69, 9.17) is 10.1 Å². The Morgan fingerprint density at radius 3 is 2.89 bits per heavy atom. The van der Waals surface area contributed by atoms with E-state index >= 15 is 0 Å². The molecule has 1 saturated carbocycles. The molecule has 0 unspecified atom stereocenters. The molecule has 1 aromatic heterocycles. The second kappa shape index (κ2) is 5.11. The fourth-order valence-electron chi connectivity index (χ4n) is 2.91. The van der Waals surface area contributed by atoms with Crippen molar-refractivity contribution in [1.82, 2.24) is 9.97 Å². The first-order chi connectivity index (χ1) is 8.86. The van der Waals surface area contributed by atoms with Crippen molar-refractivity contribution in [3.05, 3.63) is 29.6 Å². The van der Waals surface area contributed by atoms with Crippen LogP contribution in [-0.4, -0.2) is 21.7 Å². The molecule has 2 aromatic rings. The Bertz CT molecular complexity index is 526. The molecule has 0 amide bonds. The third-order valence-electron chi connectivity index (χ3n) is 3.93. The van der Waals surface area contributed by atoms with Crippen LogP contribution in [0.15, 0.2) is 18.2 Å². The topological polar surface area (TPSA) is 48.9 Å². The maximum atomic E-state index is 8.87. The van der Waals surface area contributed by atoms with Crippen molar-refractivity contribution in [2.45, 2.75) is 44.4 Å². The Morgan fingerprint density at radius 2 is 2.11 bits per heavy atom. The summed E-state index contributed by atoms with van der Waals surface area (Å²) >= 11 is 0. The van der Waals surface area contributed by atoms with E-state index in [1.807, 2.05) is 0 Å². The van der Waals surface area contributed by atoms with Crippen LogP contribution in [0.3, 0.4) is 0 Å². The largest absolute Gasteiger partial charge is 0.396 e. The van der Waals surface area contributed by atoms with Gasteiger partial charge in [-0.25, -0.2) is 4.98 Å². The van der Waals surface area contributed by atoms with Crippen LogP contribution in [-0.2, 0) is 6.42 Å². The van der Waals surface area contributed by atoms with Gasteiger partial charge in [0.25, 0.3) is 0 Å². The van der Waals surface area contributed by atoms with Crippen molar-refractivity contribution in [3.8, 4) is 0 Å². The number of H-pyrrole nitrogens is 1. The van der Waals surface area contributed by atoms with E-state index in [2.05, 4.69) is 23.2 Å². The van der Waals surface area contributed by atoms with Gasteiger partial charge in [0, 0.05) is 12.5 Å². The zero-order valence-electron chi connectivity index (χ0n) is 10.7. The zero-order chi connectivity index (χ0) is 12.4. The molecule has 0 spiro atoms. The molecule has 1 fully saturated rings. The smallest absolute Gasteiger partial charge is 0.110 e. The summed E-state index contributed by atoms with van der Waals surface area (Å²) in [5, 5.41) is 8.87. The van der Waals surface area contributed by atoms with Gasteiger partial charge in [0.15, 0.2) is 0 Å². The van der Waals surface area contributed by atoms with Gasteiger partial charge in [-0.2, -0.15) is 0 Å². The quantitative estimate of drug-likeness (QED) is 0.868. The minimum Gasteiger partial charge on any atom is -0.396 e. The van der Waals surface area contributed by atoms with Gasteiger partial charge < -0.3 is 10.1 Å². The van der Waals surface area contributed by atoms with Gasteiger partial charge in [-0.05, 0) is 43.4 Å². The number of aryl methyl sites for hydroxylation is 1. The number of aromatic amines is 1. The third-order valence-corrected chi connectivity index (χ3v) is 3.93. The van der Waals surface area contributed by atoms with Crippen LogP contribution < -0.4 is 0 Å². The number of hydrogen-bond donors (Lipinski definition) is 2. The molecule has 0 atom stereocenters. The molecule has 0 saturated heterocycles. The summed E-state index contributed by atoms with van der Waals surface area (Å²) in [6, 6.07) is 6.39. The highest BCUT2D eigenvalue weighted by Crippen LogP contribution is 2.33. The van der Waals surface area contributed by atoms with Crippen molar-refractivity contribution in [2.75, 3.05) is 6.61 Å². The van der Waals surface area contributed by atoms with Gasteiger partial charge in [0.05, 0.1) is 11.0 Å². The highest BCUT2D eigenvalue weighted by Gasteiger charge is 2.20. The molecule has 0 aliphatic heterocycles. The number of aromatic nitrogens is 2. The predicted molar refractivity (Wildman–Crippen MR) is 72.7 cm³/mol. The van der Waals surface area contributed by atoms with Crippen molar-refractivity contribution in [2.24, 2.45) is 0 Å². The van der Waals surface area contributed by atoms with Crippen LogP contribution in [0.1, 0.15) is 49.4 Å². The van der Waals surface area contributed by atoms with E-state index in [-0.39, 0.29) is 6.61 Å². The number of benzene rings is 1. The van der Waals surface area contributed by atoms with Crippen LogP contribution in [0.5, 0.6) is 0 Å². The van der Waals surface area contributed by atoms with Crippen LogP contribution in [0, 0.1) is 0 Å². The number of nitrogens with one attached hydrogen (secondary N) is 1. The SMILES string of the molecule is OCCCc1ccc2nc(C3CCCC3)[nH]c2c1. The van der Waals surface area contributed by atoms with Crippen LogP contribution in [0.2, 0.25) is 0 Å². The molecule has 0 radical (unpaired) electrons. The van der Waals surface area contributed by atoms with E-state index in [0.717, 1.165) is 23.9 Å². The van der Waals surface area contributed by atoms with E-state index in [1.165, 1.54) is 37.1 Å². The fraction of sp³-hybridized carbons (Fsp3) is 0.533. The van der Waals surface area contributed by atoms with E-state index in [0.29, 0.717) is 5.92 Å². The van der Waals surface area contributed by atoms with E-state index < -0.39 is 0 Å². The average molecular weight is 244 g/mol. The van der Waals surface area contributed by atoms with Crippen molar-refractivity contribution < 1.29 is 5.11 Å². The van der Waals surface area contributed by atoms with Crippen LogP contribution >= 0.6 is 0 Å². The fourth-order valence-corrected chi connectivity index (χ4v) is 2.91. The number of aliphatic hydroxyl groups is 1. The van der Waals surface area contributed by atoms with Crippen LogP contribution in [0.4, 0.5) is 0 Å². The summed E-state index contributed by atoms with van der Waals surface area (Å²) in [7, 11) is 0. The standard InChI is InChI=1S/C15H20N2O/c18-9-3-4-11-7-8-13-14(10-11)17-15(16-13)12-5-1-2-6-12/h7-8,10,12,18H,1-6,9H2,(H,16,17). The summed E-state index contributed by atoms with van der Waals surface area (Å²) in [6.45, 7) is 0.258. The van der Waals surface area contributed by atoms with Crippen molar-refractivity contribution >= 4 is 11.0 Å². The van der Waals surface area contributed by atoms with Gasteiger partial charge in [-0.1, -0.05) is 18.9 Å². The Labute approximate surface area is 107 Å². The number of hydrogen-bond acceptors (Lipinski definition) is 2. The summed E-state index contributed by atoms with van der Waals surface area (Å²) in [5.74, 6) is 1.81. The number of nitrogens with zero attached hydrogens (tertiary/aromatic N) is 1. The van der Waals surface area contributed by atoms with E-state index in [1.54, 1.807) is 0 Å². The first kappa shape index (κ1) is 11.7. The summed E-state index contributed by atoms with van der Waals surface area (Å²) in [6.07, 6.45) is 6.99. The summed E-state index contributed by atoms with van der Waals surface area (Å²) in [5.41, 5.74) is 3.50. The van der Waals surface area contributed by atoms with Gasteiger partial charge in [-0.15, -0.1) is 0 Å². The lowest BCUT2D eigenvalue weighted by Crippen LogP contribution is -1.93. The minimum atomic E-state index is 0.258. The Balaban J connectivity index is 1.86. The number of aliphatic hydroxyl groups excluding tert-OH is 1. The first-order valence-electron chi connectivity index (χ1n) is 6.96. The molecule has 96 valence electrons. The molecule has 1 aliphatic rings. The normalized spacial score (nSPS) is 16.7. The maximum Gasteiger partial charge on any atom is 0.110 e. The lowest BCUT2D eigenvalue weighted by molar-refractivity contribution is 0.288. The second-order valence-corrected chi connectivity index (χ2v) is 5.28. The molecule has 2 N–H and O–H groups in total. The molecular formula is C15H20N2O. The van der Waals surface area contributed by atoms with Gasteiger partial charge in [0.1, 0.15) is 5.82 Å². The molecule has 0 bridgehead atoms. The first-order valence-corrected chi connectivity index (χ1v) is 6.96. The van der Waals surface area contributed by atoms with Crippen LogP contribution in [0.25, 0.3) is 11.0 Å². The Hall–Kier alpha value is -1.35. The number of rotatable bonds is 4. The van der Waals surface area contributed by atoms with Crippen molar-refractivity contribution in [1.29, 1.82) is 0 Å². The lowest BCUT2D eigenvalue weighted by atomic mass is 10.1. The number of fused-ring (bicyclic) bond motifs is 1. The zero-order valence-corrected chi connectivity index (χ0v) is 10.7. The molecule has 3 heteroatoms. The summed E-state index contributed by atoms with van der Waals surface area (Å²) in [4.78, 5) is 8.19. The molecule has 3 rings (SSSR count). The molecule has 1 aromatic carbocycles. The number of imidazole rings is 1. The Morgan fingerprint density at radius 1 is 1.28 bits per heavy atom. The molecule has 18 heavy (non-hydrogen) atoms. The molecular weight excluding hydrogens is 224 g/mol. The van der Waals surface area contributed by atoms with Crippen molar-refractivity contribution in [3.63, 3.8) is 0 Å². The average Bonchev–Trinajstić information content (AvgIpc) is 3.03. The second-order valence-electron chi connectivity index (χ2n) is 5.28. The lowest BCUT2D eigenvalue weighted by Gasteiger charge is -2.02. The molecule has 1 heterocycles. The monoisotopic (exact) mass is 244 g/mol. The van der Waals surface area contributed by atoms with Gasteiger partial charge in [0.2, 0.25) is 0 Å². The molecule has 3 nitrogen and oxygen atoms in total. The Kier molecular flexibility index (Phi) is 3.33. The minimum absolute atomic E-state index is 0.258. The highest BCUT2D eigenvalue weighted by atomic mass is 16.2. The van der Waals surface area contributed by atoms with Gasteiger partial charge in [-0.3, -0.25) is 0 Å².